The second-order valence-corrected chi connectivity index (χ2v) is 6.99. The summed E-state index contributed by atoms with van der Waals surface area (Å²) < 4.78 is 6.99. The van der Waals surface area contributed by atoms with Crippen molar-refractivity contribution in [2.24, 2.45) is 7.05 Å². The maximum absolute atomic E-state index is 13.6. The summed E-state index contributed by atoms with van der Waals surface area (Å²) in [6.45, 7) is 9.21. The van der Waals surface area contributed by atoms with Crippen molar-refractivity contribution < 1.29 is 14.3 Å². The summed E-state index contributed by atoms with van der Waals surface area (Å²) in [6, 6.07) is 5.60. The fraction of sp³-hybridized carbons (Fsp3) is 0.375. The number of benzene rings is 1. The largest absolute Gasteiger partial charge is 0.425 e. The van der Waals surface area contributed by atoms with Crippen molar-refractivity contribution in [3.63, 3.8) is 0 Å². The van der Waals surface area contributed by atoms with Crippen LogP contribution in [-0.2, 0) is 18.3 Å². The second kappa shape index (κ2) is 10.1. The van der Waals surface area contributed by atoms with Gasteiger partial charge in [-0.15, -0.1) is 0 Å². The van der Waals surface area contributed by atoms with E-state index in [-0.39, 0.29) is 11.3 Å². The molecule has 0 radical (unpaired) electrons. The zero-order chi connectivity index (χ0) is 22.4. The standard InChI is InChI=1S/C24H30N2O4/c1-7-12-17-14-11-15-19-20(17)22(30-16(5)27)21(23(28)25(19)6)24(29)26(10-4)18(9-3)13-8-2/h8-9,11,13-15H,7,10,12H2,1-6H3/b13-8-,18-9+. The molecule has 160 valence electrons. The van der Waals surface area contributed by atoms with Crippen LogP contribution in [0.1, 0.15) is 57.0 Å². The Hall–Kier alpha value is -3.15. The number of amides is 1. The number of nitrogens with zero attached hydrogens (tertiary/aromatic N) is 2. The zero-order valence-electron chi connectivity index (χ0n) is 18.6. The molecule has 1 aromatic carbocycles. The Labute approximate surface area is 177 Å². The lowest BCUT2D eigenvalue weighted by Gasteiger charge is -2.24. The van der Waals surface area contributed by atoms with Crippen LogP contribution in [0.5, 0.6) is 5.75 Å². The van der Waals surface area contributed by atoms with Crippen LogP contribution in [0.15, 0.2) is 46.9 Å². The van der Waals surface area contributed by atoms with Gasteiger partial charge in [0.2, 0.25) is 0 Å². The summed E-state index contributed by atoms with van der Waals surface area (Å²) in [7, 11) is 1.63. The van der Waals surface area contributed by atoms with E-state index in [1.54, 1.807) is 25.3 Å². The Morgan fingerprint density at radius 1 is 1.20 bits per heavy atom. The lowest BCUT2D eigenvalue weighted by atomic mass is 10.00. The molecule has 0 bridgehead atoms. The Balaban J connectivity index is 2.95. The van der Waals surface area contributed by atoms with Gasteiger partial charge in [0.15, 0.2) is 5.75 Å². The topological polar surface area (TPSA) is 68.6 Å². The van der Waals surface area contributed by atoms with Crippen LogP contribution < -0.4 is 10.3 Å². The highest BCUT2D eigenvalue weighted by atomic mass is 16.5. The Kier molecular flexibility index (Phi) is 7.75. The summed E-state index contributed by atoms with van der Waals surface area (Å²) >= 11 is 0. The summed E-state index contributed by atoms with van der Waals surface area (Å²) in [5.41, 5.74) is 1.60. The number of aromatic nitrogens is 1. The number of rotatable bonds is 7. The fourth-order valence-electron chi connectivity index (χ4n) is 3.63. The molecule has 1 heterocycles. The van der Waals surface area contributed by atoms with Crippen molar-refractivity contribution in [2.45, 2.75) is 47.5 Å². The SMILES string of the molecule is C/C=C\C(=C/C)N(CC)C(=O)c1c(OC(C)=O)c2c(CCC)cccc2n(C)c1=O. The molecule has 2 aromatic rings. The van der Waals surface area contributed by atoms with E-state index in [1.807, 2.05) is 45.9 Å². The molecule has 0 aliphatic rings. The fourth-order valence-corrected chi connectivity index (χ4v) is 3.63. The molecule has 6 nitrogen and oxygen atoms in total. The van der Waals surface area contributed by atoms with Crippen molar-refractivity contribution in [3.05, 3.63) is 63.6 Å². The first-order valence-electron chi connectivity index (χ1n) is 10.3. The van der Waals surface area contributed by atoms with Gasteiger partial charge in [-0.2, -0.15) is 0 Å². The van der Waals surface area contributed by atoms with Gasteiger partial charge in [-0.25, -0.2) is 0 Å². The van der Waals surface area contributed by atoms with Crippen LogP contribution in [0.25, 0.3) is 10.9 Å². The number of ether oxygens (including phenoxy) is 1. The number of allylic oxidation sites excluding steroid dienone is 3. The van der Waals surface area contributed by atoms with E-state index in [2.05, 4.69) is 0 Å². The maximum atomic E-state index is 13.6. The molecule has 0 spiro atoms. The van der Waals surface area contributed by atoms with Crippen LogP contribution in [0.2, 0.25) is 0 Å². The zero-order valence-corrected chi connectivity index (χ0v) is 18.6. The minimum atomic E-state index is -0.576. The number of carbonyl (C=O) groups is 2. The number of pyridine rings is 1. The van der Waals surface area contributed by atoms with E-state index in [1.165, 1.54) is 16.4 Å². The molecule has 0 aliphatic carbocycles. The van der Waals surface area contributed by atoms with Crippen LogP contribution in [0, 0.1) is 0 Å². The lowest BCUT2D eigenvalue weighted by Crippen LogP contribution is -2.36. The molecular weight excluding hydrogens is 380 g/mol. The van der Waals surface area contributed by atoms with Gasteiger partial charge in [-0.05, 0) is 44.9 Å². The number of aryl methyl sites for hydroxylation is 2. The molecule has 0 atom stereocenters. The highest BCUT2D eigenvalue weighted by Crippen LogP contribution is 2.33. The normalized spacial score (nSPS) is 11.9. The molecule has 1 aromatic heterocycles. The van der Waals surface area contributed by atoms with E-state index >= 15 is 0 Å². The molecule has 0 saturated heterocycles. The molecule has 2 rings (SSSR count). The molecule has 0 fully saturated rings. The van der Waals surface area contributed by atoms with Crippen molar-refractivity contribution in [3.8, 4) is 5.75 Å². The van der Waals surface area contributed by atoms with Crippen LogP contribution in [-0.4, -0.2) is 27.9 Å². The van der Waals surface area contributed by atoms with E-state index in [0.717, 1.165) is 18.4 Å². The molecule has 1 amide bonds. The van der Waals surface area contributed by atoms with Gasteiger partial charge >= 0.3 is 5.97 Å². The number of fused-ring (bicyclic) bond motifs is 1. The first-order chi connectivity index (χ1) is 14.3. The monoisotopic (exact) mass is 410 g/mol. The maximum Gasteiger partial charge on any atom is 0.308 e. The average Bonchev–Trinajstić information content (AvgIpc) is 2.71. The minimum Gasteiger partial charge on any atom is -0.425 e. The third kappa shape index (κ3) is 4.37. The van der Waals surface area contributed by atoms with E-state index in [9.17, 15) is 14.4 Å². The lowest BCUT2D eigenvalue weighted by molar-refractivity contribution is -0.131. The Morgan fingerprint density at radius 3 is 2.43 bits per heavy atom. The van der Waals surface area contributed by atoms with Gasteiger partial charge in [-0.3, -0.25) is 14.4 Å². The third-order valence-electron chi connectivity index (χ3n) is 4.95. The molecule has 0 unspecified atom stereocenters. The molecule has 6 heteroatoms. The summed E-state index contributed by atoms with van der Waals surface area (Å²) in [5, 5.41) is 0.629. The quantitative estimate of drug-likeness (QED) is 0.502. The molecule has 30 heavy (non-hydrogen) atoms. The molecule has 0 aliphatic heterocycles. The van der Waals surface area contributed by atoms with Crippen LogP contribution in [0.4, 0.5) is 0 Å². The number of carbonyl (C=O) groups excluding carboxylic acids is 2. The van der Waals surface area contributed by atoms with Gasteiger partial charge in [0.25, 0.3) is 11.5 Å². The van der Waals surface area contributed by atoms with Crippen LogP contribution in [0.3, 0.4) is 0 Å². The first kappa shape index (κ1) is 23.1. The van der Waals surface area contributed by atoms with Crippen molar-refractivity contribution in [1.29, 1.82) is 0 Å². The van der Waals surface area contributed by atoms with E-state index < -0.39 is 17.4 Å². The van der Waals surface area contributed by atoms with Crippen molar-refractivity contribution in [2.75, 3.05) is 6.54 Å². The highest BCUT2D eigenvalue weighted by Gasteiger charge is 2.29. The first-order valence-corrected chi connectivity index (χ1v) is 10.3. The Morgan fingerprint density at radius 2 is 1.90 bits per heavy atom. The number of hydrogen-bond donors (Lipinski definition) is 0. The average molecular weight is 411 g/mol. The van der Waals surface area contributed by atoms with E-state index in [0.29, 0.717) is 23.1 Å². The number of esters is 1. The highest BCUT2D eigenvalue weighted by molar-refractivity contribution is 6.05. The smallest absolute Gasteiger partial charge is 0.308 e. The predicted molar refractivity (Wildman–Crippen MR) is 120 cm³/mol. The number of hydrogen-bond acceptors (Lipinski definition) is 4. The molecular formula is C24H30N2O4. The van der Waals surface area contributed by atoms with Gasteiger partial charge in [-0.1, -0.05) is 37.6 Å². The summed E-state index contributed by atoms with van der Waals surface area (Å²) in [6.07, 6.45) is 7.04. The molecule has 0 N–H and O–H groups in total. The van der Waals surface area contributed by atoms with Crippen molar-refractivity contribution in [1.82, 2.24) is 9.47 Å². The minimum absolute atomic E-state index is 0.0454. The number of likely N-dealkylation sites (N-methyl/N-ethyl adjacent to an activating group) is 1. The van der Waals surface area contributed by atoms with Gasteiger partial charge in [0.1, 0.15) is 5.56 Å². The summed E-state index contributed by atoms with van der Waals surface area (Å²) in [4.78, 5) is 40.3. The van der Waals surface area contributed by atoms with Crippen LogP contribution >= 0.6 is 0 Å². The third-order valence-corrected chi connectivity index (χ3v) is 4.95. The van der Waals surface area contributed by atoms with Gasteiger partial charge in [0.05, 0.1) is 5.52 Å². The van der Waals surface area contributed by atoms with E-state index in [4.69, 9.17) is 4.74 Å². The summed E-state index contributed by atoms with van der Waals surface area (Å²) in [5.74, 6) is -1.02. The second-order valence-electron chi connectivity index (χ2n) is 6.99. The molecule has 0 saturated carbocycles. The predicted octanol–water partition coefficient (Wildman–Crippen LogP) is 4.36. The van der Waals surface area contributed by atoms with Gasteiger partial charge in [0, 0.05) is 31.6 Å². The Bertz CT molecular complexity index is 1080. The van der Waals surface area contributed by atoms with Crippen molar-refractivity contribution >= 4 is 22.8 Å². The van der Waals surface area contributed by atoms with Gasteiger partial charge < -0.3 is 14.2 Å².